The Bertz CT molecular complexity index is 1240. The van der Waals surface area contributed by atoms with Crippen molar-refractivity contribution in [3.05, 3.63) is 83.0 Å². The van der Waals surface area contributed by atoms with Crippen molar-refractivity contribution in [2.75, 3.05) is 20.0 Å². The molecule has 0 saturated carbocycles. The van der Waals surface area contributed by atoms with Gasteiger partial charge >= 0.3 is 0 Å². The van der Waals surface area contributed by atoms with Crippen molar-refractivity contribution in [3.8, 4) is 17.2 Å². The zero-order valence-electron chi connectivity index (χ0n) is 18.6. The molecular formula is C24H22ClN3O5S. The van der Waals surface area contributed by atoms with Crippen LogP contribution in [-0.2, 0) is 13.2 Å². The lowest BCUT2D eigenvalue weighted by Crippen LogP contribution is -2.10. The Balaban J connectivity index is 1.49. The Morgan fingerprint density at radius 3 is 2.56 bits per heavy atom. The number of hydrogen-bond donors (Lipinski definition) is 0. The molecular weight excluding hydrogens is 478 g/mol. The molecule has 0 fully saturated rings. The van der Waals surface area contributed by atoms with E-state index in [9.17, 15) is 4.79 Å². The fourth-order valence-corrected chi connectivity index (χ4v) is 4.13. The second kappa shape index (κ2) is 11.1. The number of carbonyl (C=O) groups is 1. The minimum Gasteiger partial charge on any atom is -0.493 e. The number of rotatable bonds is 11. The summed E-state index contributed by atoms with van der Waals surface area (Å²) in [6, 6.07) is 15.9. The maximum Gasteiger partial charge on any atom is 0.192 e. The third-order valence-corrected chi connectivity index (χ3v) is 6.13. The minimum atomic E-state index is -0.0718. The molecule has 0 unspecified atom stereocenters. The summed E-state index contributed by atoms with van der Waals surface area (Å²) in [5.41, 5.74) is 0.522. The summed E-state index contributed by atoms with van der Waals surface area (Å²) >= 11 is 7.23. The monoisotopic (exact) mass is 499 g/mol. The van der Waals surface area contributed by atoms with Crippen LogP contribution in [0.15, 0.2) is 70.4 Å². The summed E-state index contributed by atoms with van der Waals surface area (Å²) in [6.45, 7) is 0.603. The van der Waals surface area contributed by atoms with Gasteiger partial charge in [-0.25, -0.2) is 0 Å². The highest BCUT2D eigenvalue weighted by Crippen LogP contribution is 2.29. The van der Waals surface area contributed by atoms with Gasteiger partial charge in [0.25, 0.3) is 0 Å². The number of methoxy groups -OCH3 is 2. The molecule has 0 spiro atoms. The molecule has 2 aromatic heterocycles. The average Bonchev–Trinajstić information content (AvgIpc) is 3.52. The van der Waals surface area contributed by atoms with E-state index in [-0.39, 0.29) is 18.1 Å². The summed E-state index contributed by atoms with van der Waals surface area (Å²) in [7, 11) is 3.08. The number of carbonyl (C=O) groups excluding carboxylic acids is 1. The lowest BCUT2D eigenvalue weighted by Gasteiger charge is -2.11. The van der Waals surface area contributed by atoms with Crippen LogP contribution in [0, 0.1) is 0 Å². The van der Waals surface area contributed by atoms with Gasteiger partial charge in [-0.1, -0.05) is 23.4 Å². The van der Waals surface area contributed by atoms with Crippen molar-refractivity contribution >= 4 is 29.1 Å². The fraction of sp³-hybridized carbons (Fsp3) is 0.208. The number of ketones is 1. The molecule has 4 rings (SSSR count). The Morgan fingerprint density at radius 2 is 1.85 bits per heavy atom. The molecule has 4 aromatic rings. The second-order valence-corrected chi connectivity index (χ2v) is 8.47. The number of halogens is 1. The highest BCUT2D eigenvalue weighted by molar-refractivity contribution is 7.99. The Morgan fingerprint density at radius 1 is 1.06 bits per heavy atom. The van der Waals surface area contributed by atoms with Crippen molar-refractivity contribution in [1.82, 2.24) is 14.8 Å². The summed E-state index contributed by atoms with van der Waals surface area (Å²) in [5.74, 6) is 3.17. The van der Waals surface area contributed by atoms with Gasteiger partial charge in [0.05, 0.1) is 32.8 Å². The molecule has 8 nitrogen and oxygen atoms in total. The van der Waals surface area contributed by atoms with Crippen molar-refractivity contribution < 1.29 is 23.4 Å². The zero-order valence-corrected chi connectivity index (χ0v) is 20.1. The van der Waals surface area contributed by atoms with E-state index in [1.54, 1.807) is 55.8 Å². The van der Waals surface area contributed by atoms with Crippen LogP contribution in [0.1, 0.15) is 21.9 Å². The highest BCUT2D eigenvalue weighted by Gasteiger charge is 2.18. The number of hydrogen-bond acceptors (Lipinski definition) is 8. The van der Waals surface area contributed by atoms with Gasteiger partial charge in [0.15, 0.2) is 28.3 Å². The predicted octanol–water partition coefficient (Wildman–Crippen LogP) is 5.14. The van der Waals surface area contributed by atoms with Crippen LogP contribution in [0.2, 0.25) is 5.02 Å². The molecule has 0 amide bonds. The standard InChI is InChI=1S/C24H22ClN3O5S/c1-30-21-10-5-16(12-22(21)31-2)20(29)15-34-24-27-26-23(28(24)13-19-4-3-11-32-19)14-33-18-8-6-17(25)7-9-18/h3-12H,13-15H2,1-2H3. The Labute approximate surface area is 205 Å². The minimum absolute atomic E-state index is 0.0718. The third kappa shape index (κ3) is 5.73. The van der Waals surface area contributed by atoms with Crippen LogP contribution in [0.25, 0.3) is 0 Å². The van der Waals surface area contributed by atoms with E-state index in [0.29, 0.717) is 45.4 Å². The Kier molecular flexibility index (Phi) is 7.76. The summed E-state index contributed by atoms with van der Waals surface area (Å²) in [6.07, 6.45) is 1.61. The molecule has 2 heterocycles. The molecule has 0 atom stereocenters. The summed E-state index contributed by atoms with van der Waals surface area (Å²) in [5, 5.41) is 9.78. The fourth-order valence-electron chi connectivity index (χ4n) is 3.15. The maximum atomic E-state index is 12.8. The van der Waals surface area contributed by atoms with Gasteiger partial charge in [-0.15, -0.1) is 10.2 Å². The van der Waals surface area contributed by atoms with Gasteiger partial charge in [-0.2, -0.15) is 0 Å². The summed E-state index contributed by atoms with van der Waals surface area (Å²) < 4.78 is 23.8. The molecule has 0 aliphatic rings. The first-order valence-electron chi connectivity index (χ1n) is 10.3. The van der Waals surface area contributed by atoms with E-state index in [0.717, 1.165) is 5.76 Å². The van der Waals surface area contributed by atoms with E-state index >= 15 is 0 Å². The maximum absolute atomic E-state index is 12.8. The number of nitrogens with zero attached hydrogens (tertiary/aromatic N) is 3. The highest BCUT2D eigenvalue weighted by atomic mass is 35.5. The van der Waals surface area contributed by atoms with Crippen LogP contribution < -0.4 is 14.2 Å². The number of benzene rings is 2. The van der Waals surface area contributed by atoms with E-state index in [2.05, 4.69) is 10.2 Å². The molecule has 10 heteroatoms. The molecule has 34 heavy (non-hydrogen) atoms. The van der Waals surface area contributed by atoms with Gasteiger partial charge in [-0.3, -0.25) is 9.36 Å². The lowest BCUT2D eigenvalue weighted by molar-refractivity contribution is 0.102. The number of ether oxygens (including phenoxy) is 3. The number of aromatic nitrogens is 3. The van der Waals surface area contributed by atoms with E-state index in [1.807, 2.05) is 16.7 Å². The van der Waals surface area contributed by atoms with E-state index < -0.39 is 0 Å². The number of thioether (sulfide) groups is 1. The molecule has 0 aliphatic carbocycles. The van der Waals surface area contributed by atoms with Crippen LogP contribution in [0.4, 0.5) is 0 Å². The quantitative estimate of drug-likeness (QED) is 0.207. The smallest absolute Gasteiger partial charge is 0.192 e. The molecule has 176 valence electrons. The summed E-state index contributed by atoms with van der Waals surface area (Å²) in [4.78, 5) is 12.8. The first kappa shape index (κ1) is 23.7. The lowest BCUT2D eigenvalue weighted by atomic mass is 10.1. The molecule has 0 radical (unpaired) electrons. The van der Waals surface area contributed by atoms with Crippen molar-refractivity contribution in [3.63, 3.8) is 0 Å². The van der Waals surface area contributed by atoms with Crippen LogP contribution >= 0.6 is 23.4 Å². The van der Waals surface area contributed by atoms with Crippen LogP contribution in [0.3, 0.4) is 0 Å². The molecule has 0 N–H and O–H groups in total. The SMILES string of the molecule is COc1ccc(C(=O)CSc2nnc(COc3ccc(Cl)cc3)n2Cc2ccco2)cc1OC. The van der Waals surface area contributed by atoms with Crippen molar-refractivity contribution in [2.24, 2.45) is 0 Å². The van der Waals surface area contributed by atoms with E-state index in [4.69, 9.17) is 30.2 Å². The van der Waals surface area contributed by atoms with Gasteiger partial charge in [-0.05, 0) is 54.6 Å². The van der Waals surface area contributed by atoms with Gasteiger partial charge in [0.1, 0.15) is 18.1 Å². The number of Topliss-reactive ketones (excluding diaryl/α,β-unsaturated/α-hetero) is 1. The van der Waals surface area contributed by atoms with Gasteiger partial charge in [0.2, 0.25) is 0 Å². The third-order valence-electron chi connectivity index (χ3n) is 4.91. The van der Waals surface area contributed by atoms with Crippen molar-refractivity contribution in [1.29, 1.82) is 0 Å². The average molecular weight is 500 g/mol. The van der Waals surface area contributed by atoms with Crippen LogP contribution in [0.5, 0.6) is 17.2 Å². The largest absolute Gasteiger partial charge is 0.493 e. The van der Waals surface area contributed by atoms with E-state index in [1.165, 1.54) is 18.9 Å². The number of furan rings is 1. The first-order valence-corrected chi connectivity index (χ1v) is 11.6. The molecule has 2 aromatic carbocycles. The zero-order chi connectivity index (χ0) is 23.9. The van der Waals surface area contributed by atoms with Gasteiger partial charge in [0, 0.05) is 10.6 Å². The second-order valence-electron chi connectivity index (χ2n) is 7.09. The van der Waals surface area contributed by atoms with Crippen molar-refractivity contribution in [2.45, 2.75) is 18.3 Å². The van der Waals surface area contributed by atoms with Gasteiger partial charge < -0.3 is 18.6 Å². The topological polar surface area (TPSA) is 88.6 Å². The molecule has 0 bridgehead atoms. The van der Waals surface area contributed by atoms with Crippen LogP contribution in [-0.4, -0.2) is 40.5 Å². The normalized spacial score (nSPS) is 10.8. The molecule has 0 saturated heterocycles. The predicted molar refractivity (Wildman–Crippen MR) is 128 cm³/mol. The molecule has 0 aliphatic heterocycles. The first-order chi connectivity index (χ1) is 16.6. The Hall–Kier alpha value is -3.43.